The number of anilines is 1. The lowest BCUT2D eigenvalue weighted by molar-refractivity contribution is 0.303. The summed E-state index contributed by atoms with van der Waals surface area (Å²) in [5, 5.41) is 14.2. The van der Waals surface area contributed by atoms with Crippen molar-refractivity contribution in [2.75, 3.05) is 31.5 Å². The molecular formula is C31H33F2N5O2. The fourth-order valence-corrected chi connectivity index (χ4v) is 4.72. The van der Waals surface area contributed by atoms with Crippen LogP contribution in [0.4, 0.5) is 14.7 Å². The molecule has 0 unspecified atom stereocenters. The van der Waals surface area contributed by atoms with Gasteiger partial charge in [0.05, 0.1) is 5.69 Å². The Hall–Kier alpha value is -4.33. The smallest absolute Gasteiger partial charge is 0.256 e. The van der Waals surface area contributed by atoms with Crippen molar-refractivity contribution in [3.05, 3.63) is 93.5 Å². The maximum Gasteiger partial charge on any atom is 0.256 e. The monoisotopic (exact) mass is 545 g/mol. The van der Waals surface area contributed by atoms with Crippen molar-refractivity contribution in [3.8, 4) is 16.9 Å². The van der Waals surface area contributed by atoms with Gasteiger partial charge in [-0.25, -0.2) is 13.8 Å². The number of aliphatic hydroxyl groups is 1. The first-order valence-electron chi connectivity index (χ1n) is 13.4. The van der Waals surface area contributed by atoms with E-state index in [0.29, 0.717) is 28.8 Å². The third-order valence-corrected chi connectivity index (χ3v) is 6.87. The van der Waals surface area contributed by atoms with Gasteiger partial charge in [-0.05, 0) is 69.7 Å². The normalized spacial score (nSPS) is 11.1. The Bertz CT molecular complexity index is 1630. The van der Waals surface area contributed by atoms with E-state index < -0.39 is 22.9 Å². The molecule has 2 aromatic heterocycles. The van der Waals surface area contributed by atoms with Crippen molar-refractivity contribution in [1.29, 1.82) is 0 Å². The van der Waals surface area contributed by atoms with Gasteiger partial charge >= 0.3 is 0 Å². The lowest BCUT2D eigenvalue weighted by Crippen LogP contribution is -2.25. The van der Waals surface area contributed by atoms with Crippen LogP contribution in [0.15, 0.2) is 65.1 Å². The summed E-state index contributed by atoms with van der Waals surface area (Å²) in [5.41, 5.74) is 4.13. The fraction of sp³-hybridized carbons (Fsp3) is 0.290. The van der Waals surface area contributed by atoms with Gasteiger partial charge in [-0.2, -0.15) is 4.98 Å². The number of allylic oxidation sites excluding steroid dienone is 1. The van der Waals surface area contributed by atoms with Gasteiger partial charge in [0.2, 0.25) is 5.95 Å². The Kier molecular flexibility index (Phi) is 9.09. The molecule has 0 amide bonds. The molecule has 7 nitrogen and oxygen atoms in total. The van der Waals surface area contributed by atoms with Gasteiger partial charge in [-0.3, -0.25) is 9.36 Å². The highest BCUT2D eigenvalue weighted by atomic mass is 19.1. The van der Waals surface area contributed by atoms with Gasteiger partial charge in [0.15, 0.2) is 11.4 Å². The highest BCUT2D eigenvalue weighted by molar-refractivity contribution is 5.93. The van der Waals surface area contributed by atoms with Crippen LogP contribution in [-0.2, 0) is 0 Å². The number of benzene rings is 2. The van der Waals surface area contributed by atoms with E-state index in [-0.39, 0.29) is 17.4 Å². The van der Waals surface area contributed by atoms with Crippen LogP contribution in [0.5, 0.6) is 0 Å². The van der Waals surface area contributed by atoms with Crippen molar-refractivity contribution in [2.24, 2.45) is 0 Å². The van der Waals surface area contributed by atoms with E-state index in [9.17, 15) is 18.7 Å². The van der Waals surface area contributed by atoms with Gasteiger partial charge in [0.1, 0.15) is 17.3 Å². The third kappa shape index (κ3) is 5.81. The van der Waals surface area contributed by atoms with Crippen LogP contribution >= 0.6 is 0 Å². The molecule has 0 aliphatic carbocycles. The number of pyridine rings is 1. The first-order chi connectivity index (χ1) is 19.3. The molecule has 40 heavy (non-hydrogen) atoms. The quantitative estimate of drug-likeness (QED) is 0.139. The summed E-state index contributed by atoms with van der Waals surface area (Å²) < 4.78 is 30.8. The highest BCUT2D eigenvalue weighted by Gasteiger charge is 2.21. The Balaban J connectivity index is 1.95. The molecule has 0 atom stereocenters. The van der Waals surface area contributed by atoms with Crippen molar-refractivity contribution in [1.82, 2.24) is 19.4 Å². The molecule has 0 spiro atoms. The number of nitrogens with zero attached hydrogens (tertiary/aromatic N) is 4. The summed E-state index contributed by atoms with van der Waals surface area (Å²) in [5.74, 6) is -1.58. The number of hydrogen-bond acceptors (Lipinski definition) is 6. The molecule has 9 heteroatoms. The largest absolute Gasteiger partial charge is 0.501 e. The lowest BCUT2D eigenvalue weighted by Gasteiger charge is -2.18. The maximum atomic E-state index is 14.9. The van der Waals surface area contributed by atoms with E-state index in [0.717, 1.165) is 48.3 Å². The molecule has 0 radical (unpaired) electrons. The van der Waals surface area contributed by atoms with Crippen LogP contribution in [0, 0.1) is 18.6 Å². The van der Waals surface area contributed by atoms with E-state index in [1.807, 2.05) is 13.0 Å². The molecule has 0 saturated carbocycles. The Morgan fingerprint density at radius 2 is 1.77 bits per heavy atom. The molecule has 2 N–H and O–H groups in total. The van der Waals surface area contributed by atoms with Gasteiger partial charge < -0.3 is 15.3 Å². The molecule has 208 valence electrons. The minimum absolute atomic E-state index is 0.0275. The van der Waals surface area contributed by atoms with Crippen molar-refractivity contribution < 1.29 is 13.9 Å². The zero-order chi connectivity index (χ0) is 28.8. The average Bonchev–Trinajstić information content (AvgIpc) is 2.94. The van der Waals surface area contributed by atoms with E-state index >= 15 is 0 Å². The van der Waals surface area contributed by atoms with E-state index in [2.05, 4.69) is 34.8 Å². The minimum atomic E-state index is -0.886. The van der Waals surface area contributed by atoms with Crippen molar-refractivity contribution >= 4 is 22.7 Å². The topological polar surface area (TPSA) is 83.3 Å². The highest BCUT2D eigenvalue weighted by Crippen LogP contribution is 2.33. The maximum absolute atomic E-state index is 14.9. The SMILES string of the molecule is CC=C=C(O)c1cccc(-c2nc(NCCCN(CC)CC)nc3c2ccc(=O)n3-c2c(F)cccc2F)c1C. The summed E-state index contributed by atoms with van der Waals surface area (Å²) in [4.78, 5) is 24.7. The molecule has 4 rings (SSSR count). The molecule has 0 aliphatic rings. The molecule has 0 fully saturated rings. The summed E-state index contributed by atoms with van der Waals surface area (Å²) in [6.07, 6.45) is 2.43. The third-order valence-electron chi connectivity index (χ3n) is 6.87. The fourth-order valence-electron chi connectivity index (χ4n) is 4.72. The predicted octanol–water partition coefficient (Wildman–Crippen LogP) is 6.25. The number of aromatic nitrogens is 3. The Labute approximate surface area is 232 Å². The lowest BCUT2D eigenvalue weighted by atomic mass is 9.97. The van der Waals surface area contributed by atoms with Crippen LogP contribution in [0.3, 0.4) is 0 Å². The zero-order valence-electron chi connectivity index (χ0n) is 23.1. The Morgan fingerprint density at radius 1 is 1.07 bits per heavy atom. The van der Waals surface area contributed by atoms with Crippen LogP contribution < -0.4 is 10.9 Å². The van der Waals surface area contributed by atoms with E-state index in [1.54, 1.807) is 31.2 Å². The minimum Gasteiger partial charge on any atom is -0.501 e. The predicted molar refractivity (Wildman–Crippen MR) is 156 cm³/mol. The molecular weight excluding hydrogens is 512 g/mol. The van der Waals surface area contributed by atoms with Gasteiger partial charge in [0, 0.05) is 29.1 Å². The first kappa shape index (κ1) is 28.7. The second-order valence-electron chi connectivity index (χ2n) is 9.28. The van der Waals surface area contributed by atoms with Gasteiger partial charge in [0.25, 0.3) is 5.56 Å². The molecule has 2 aromatic carbocycles. The summed E-state index contributed by atoms with van der Waals surface area (Å²) in [7, 11) is 0. The molecule has 0 aliphatic heterocycles. The standard InChI is InChI=1S/C31H33F2N5O2/c1-5-11-26(39)21-12-8-13-22(20(21)4)28-23-16-17-27(40)38(29-24(32)14-9-15-25(29)33)30(23)36-31(35-28)34-18-10-19-37(6-2)7-3/h5,8-9,12-17,39H,6-7,10,18-19H2,1-4H3,(H,34,35,36). The number of aliphatic hydroxyl groups excluding tert-OH is 1. The number of nitrogens with one attached hydrogen (secondary N) is 1. The van der Waals surface area contributed by atoms with Crippen LogP contribution in [0.1, 0.15) is 38.3 Å². The number of rotatable bonds is 10. The van der Waals surface area contributed by atoms with Crippen LogP contribution in [0.2, 0.25) is 0 Å². The second kappa shape index (κ2) is 12.7. The summed E-state index contributed by atoms with van der Waals surface area (Å²) in [6.45, 7) is 11.1. The number of fused-ring (bicyclic) bond motifs is 1. The van der Waals surface area contributed by atoms with Crippen molar-refractivity contribution in [2.45, 2.75) is 34.1 Å². The summed E-state index contributed by atoms with van der Waals surface area (Å²) >= 11 is 0. The number of hydrogen-bond donors (Lipinski definition) is 2. The van der Waals surface area contributed by atoms with Gasteiger partial charge in [-0.15, -0.1) is 0 Å². The zero-order valence-corrected chi connectivity index (χ0v) is 23.1. The number of para-hydroxylation sites is 1. The average molecular weight is 546 g/mol. The molecule has 4 aromatic rings. The van der Waals surface area contributed by atoms with E-state index in [4.69, 9.17) is 4.98 Å². The molecule has 0 saturated heterocycles. The molecule has 0 bridgehead atoms. The van der Waals surface area contributed by atoms with Gasteiger partial charge in [-0.1, -0.05) is 43.8 Å². The van der Waals surface area contributed by atoms with Crippen LogP contribution in [0.25, 0.3) is 33.7 Å². The van der Waals surface area contributed by atoms with Crippen LogP contribution in [-0.4, -0.2) is 50.7 Å². The number of halogens is 2. The first-order valence-corrected chi connectivity index (χ1v) is 13.4. The van der Waals surface area contributed by atoms with Crippen molar-refractivity contribution in [3.63, 3.8) is 0 Å². The van der Waals surface area contributed by atoms with E-state index in [1.165, 1.54) is 12.1 Å². The second-order valence-corrected chi connectivity index (χ2v) is 9.28. The summed E-state index contributed by atoms with van der Waals surface area (Å²) in [6, 6.07) is 11.6. The Morgan fingerprint density at radius 3 is 2.45 bits per heavy atom. The molecule has 2 heterocycles.